The Balaban J connectivity index is 1.75. The second-order valence-corrected chi connectivity index (χ2v) is 5.57. The van der Waals surface area contributed by atoms with Gasteiger partial charge in [-0.25, -0.2) is 9.78 Å². The Bertz CT molecular complexity index is 865. The van der Waals surface area contributed by atoms with Gasteiger partial charge in [0.1, 0.15) is 17.3 Å². The molecule has 0 saturated carbocycles. The first kappa shape index (κ1) is 15.1. The molecular weight excluding hydrogens is 294 g/mol. The zero-order chi connectivity index (χ0) is 16.6. The van der Waals surface area contributed by atoms with Gasteiger partial charge >= 0.3 is 6.03 Å². The van der Waals surface area contributed by atoms with E-state index < -0.39 is 0 Å². The fraction of sp³-hybridized carbons (Fsp3) is 0.312. The summed E-state index contributed by atoms with van der Waals surface area (Å²) < 4.78 is 7.11. The van der Waals surface area contributed by atoms with Crippen LogP contribution >= 0.6 is 0 Å². The van der Waals surface area contributed by atoms with Crippen molar-refractivity contribution in [2.45, 2.75) is 33.7 Å². The molecule has 0 fully saturated rings. The molecule has 3 heterocycles. The van der Waals surface area contributed by atoms with Gasteiger partial charge in [-0.3, -0.25) is 5.32 Å². The van der Waals surface area contributed by atoms with Crippen LogP contribution in [0.4, 0.5) is 10.6 Å². The Morgan fingerprint density at radius 2 is 2.09 bits per heavy atom. The van der Waals surface area contributed by atoms with Gasteiger partial charge in [0, 0.05) is 17.8 Å². The Morgan fingerprint density at radius 1 is 1.30 bits per heavy atom. The first-order valence-corrected chi connectivity index (χ1v) is 7.40. The van der Waals surface area contributed by atoms with E-state index in [4.69, 9.17) is 4.42 Å². The van der Waals surface area contributed by atoms with Gasteiger partial charge in [-0.1, -0.05) is 0 Å². The van der Waals surface area contributed by atoms with Gasteiger partial charge in [-0.2, -0.15) is 9.61 Å². The van der Waals surface area contributed by atoms with Gasteiger partial charge in [0.2, 0.25) is 0 Å². The highest BCUT2D eigenvalue weighted by molar-refractivity contribution is 5.88. The van der Waals surface area contributed by atoms with Crippen LogP contribution in [0.25, 0.3) is 5.65 Å². The van der Waals surface area contributed by atoms with E-state index in [1.54, 1.807) is 16.8 Å². The number of nitrogens with one attached hydrogen (secondary N) is 2. The Kier molecular flexibility index (Phi) is 3.77. The van der Waals surface area contributed by atoms with Gasteiger partial charge in [-0.05, 0) is 39.8 Å². The van der Waals surface area contributed by atoms with Crippen LogP contribution in [0.5, 0.6) is 0 Å². The predicted molar refractivity (Wildman–Crippen MR) is 86.5 cm³/mol. The molecule has 1 unspecified atom stereocenters. The summed E-state index contributed by atoms with van der Waals surface area (Å²) in [6.07, 6.45) is 1.64. The van der Waals surface area contributed by atoms with Gasteiger partial charge in [-0.15, -0.1) is 0 Å². The van der Waals surface area contributed by atoms with Gasteiger partial charge in [0.25, 0.3) is 0 Å². The summed E-state index contributed by atoms with van der Waals surface area (Å²) >= 11 is 0. The van der Waals surface area contributed by atoms with E-state index in [9.17, 15) is 4.79 Å². The lowest BCUT2D eigenvalue weighted by Gasteiger charge is -2.14. The smallest absolute Gasteiger partial charge is 0.320 e. The summed E-state index contributed by atoms with van der Waals surface area (Å²) in [6.45, 7) is 7.57. The standard InChI is InChI=1S/C16H19N5O2/c1-9-7-15-17-6-5-14(21(15)20-9)19-16(22)18-11(3)13-8-10(2)23-12(13)4/h5-8,11H,1-4H3,(H2,18,19,22). The summed E-state index contributed by atoms with van der Waals surface area (Å²) in [5, 5.41) is 10.0. The van der Waals surface area contributed by atoms with Crippen LogP contribution in [0.1, 0.15) is 35.7 Å². The Morgan fingerprint density at radius 3 is 2.78 bits per heavy atom. The van der Waals surface area contributed by atoms with E-state index in [-0.39, 0.29) is 12.1 Å². The lowest BCUT2D eigenvalue weighted by atomic mass is 10.1. The molecule has 120 valence electrons. The largest absolute Gasteiger partial charge is 0.466 e. The number of furan rings is 1. The zero-order valence-corrected chi connectivity index (χ0v) is 13.5. The number of rotatable bonds is 3. The quantitative estimate of drug-likeness (QED) is 0.778. The molecule has 3 aromatic heterocycles. The second kappa shape index (κ2) is 5.75. The Hall–Kier alpha value is -2.83. The minimum absolute atomic E-state index is 0.163. The topological polar surface area (TPSA) is 84.5 Å². The fourth-order valence-electron chi connectivity index (χ4n) is 2.61. The second-order valence-electron chi connectivity index (χ2n) is 5.57. The number of hydrogen-bond acceptors (Lipinski definition) is 4. The van der Waals surface area contributed by atoms with Crippen molar-refractivity contribution < 1.29 is 9.21 Å². The van der Waals surface area contributed by atoms with Crippen molar-refractivity contribution in [2.24, 2.45) is 0 Å². The van der Waals surface area contributed by atoms with Crippen molar-refractivity contribution in [3.8, 4) is 0 Å². The first-order chi connectivity index (χ1) is 10.9. The van der Waals surface area contributed by atoms with Gasteiger partial charge < -0.3 is 9.73 Å². The summed E-state index contributed by atoms with van der Waals surface area (Å²) in [5.41, 5.74) is 2.49. The van der Waals surface area contributed by atoms with E-state index in [1.807, 2.05) is 39.8 Å². The maximum Gasteiger partial charge on any atom is 0.320 e. The zero-order valence-electron chi connectivity index (χ0n) is 13.5. The third-order valence-corrected chi connectivity index (χ3v) is 3.62. The molecule has 0 aliphatic rings. The fourth-order valence-corrected chi connectivity index (χ4v) is 2.61. The normalized spacial score (nSPS) is 12.3. The van der Waals surface area contributed by atoms with Crippen LogP contribution < -0.4 is 10.6 Å². The number of nitrogens with zero attached hydrogens (tertiary/aromatic N) is 3. The molecule has 0 aliphatic heterocycles. The molecule has 0 bridgehead atoms. The third kappa shape index (κ3) is 3.03. The van der Waals surface area contributed by atoms with E-state index in [2.05, 4.69) is 20.7 Å². The van der Waals surface area contributed by atoms with Crippen LogP contribution in [0.2, 0.25) is 0 Å². The molecule has 2 N–H and O–H groups in total. The molecule has 2 amide bonds. The Labute approximate surface area is 133 Å². The maximum atomic E-state index is 12.3. The van der Waals surface area contributed by atoms with Crippen molar-refractivity contribution in [1.82, 2.24) is 19.9 Å². The van der Waals surface area contributed by atoms with Gasteiger partial charge in [0.15, 0.2) is 5.65 Å². The highest BCUT2D eigenvalue weighted by Crippen LogP contribution is 2.21. The number of amides is 2. The minimum atomic E-state index is -0.309. The molecule has 0 aromatic carbocycles. The van der Waals surface area contributed by atoms with Crippen LogP contribution in [-0.2, 0) is 0 Å². The van der Waals surface area contributed by atoms with Crippen molar-refractivity contribution in [3.05, 3.63) is 47.2 Å². The number of aryl methyl sites for hydroxylation is 3. The van der Waals surface area contributed by atoms with E-state index in [1.165, 1.54) is 0 Å². The molecule has 1 atom stereocenters. The number of urea groups is 1. The average molecular weight is 313 g/mol. The number of fused-ring (bicyclic) bond motifs is 1. The minimum Gasteiger partial charge on any atom is -0.466 e. The number of aromatic nitrogens is 3. The highest BCUT2D eigenvalue weighted by Gasteiger charge is 2.16. The number of carbonyl (C=O) groups excluding carboxylic acids is 1. The first-order valence-electron chi connectivity index (χ1n) is 7.40. The lowest BCUT2D eigenvalue weighted by molar-refractivity contribution is 0.249. The van der Waals surface area contributed by atoms with Crippen LogP contribution in [0, 0.1) is 20.8 Å². The SMILES string of the molecule is Cc1cc2nccc(NC(=O)NC(C)c3cc(C)oc3C)n2n1. The molecule has 3 rings (SSSR count). The molecule has 0 spiro atoms. The predicted octanol–water partition coefficient (Wildman–Crippen LogP) is 3.13. The molecule has 3 aromatic rings. The summed E-state index contributed by atoms with van der Waals surface area (Å²) in [7, 11) is 0. The monoisotopic (exact) mass is 313 g/mol. The molecular formula is C16H19N5O2. The molecule has 0 saturated heterocycles. The van der Waals surface area contributed by atoms with E-state index in [0.717, 1.165) is 22.8 Å². The molecule has 0 aliphatic carbocycles. The molecule has 7 nitrogen and oxygen atoms in total. The summed E-state index contributed by atoms with van der Waals surface area (Å²) in [5.74, 6) is 2.20. The molecule has 7 heteroatoms. The maximum absolute atomic E-state index is 12.3. The third-order valence-electron chi connectivity index (χ3n) is 3.62. The molecule has 0 radical (unpaired) electrons. The average Bonchev–Trinajstić information content (AvgIpc) is 3.00. The van der Waals surface area contributed by atoms with Crippen LogP contribution in [-0.4, -0.2) is 20.6 Å². The van der Waals surface area contributed by atoms with Crippen molar-refractivity contribution in [1.29, 1.82) is 0 Å². The van der Waals surface area contributed by atoms with Crippen LogP contribution in [0.15, 0.2) is 28.8 Å². The number of carbonyl (C=O) groups is 1. The highest BCUT2D eigenvalue weighted by atomic mass is 16.3. The molecule has 23 heavy (non-hydrogen) atoms. The number of hydrogen-bond donors (Lipinski definition) is 2. The van der Waals surface area contributed by atoms with Crippen molar-refractivity contribution in [2.75, 3.05) is 5.32 Å². The van der Waals surface area contributed by atoms with Gasteiger partial charge in [0.05, 0.1) is 11.7 Å². The summed E-state index contributed by atoms with van der Waals surface area (Å²) in [6, 6.07) is 5.02. The lowest BCUT2D eigenvalue weighted by Crippen LogP contribution is -2.32. The number of anilines is 1. The van der Waals surface area contributed by atoms with Crippen LogP contribution in [0.3, 0.4) is 0 Å². The van der Waals surface area contributed by atoms with E-state index in [0.29, 0.717) is 11.5 Å². The van der Waals surface area contributed by atoms with Crippen molar-refractivity contribution >= 4 is 17.5 Å². The van der Waals surface area contributed by atoms with E-state index >= 15 is 0 Å². The van der Waals surface area contributed by atoms with Crippen molar-refractivity contribution in [3.63, 3.8) is 0 Å². The summed E-state index contributed by atoms with van der Waals surface area (Å²) in [4.78, 5) is 16.5.